The second-order valence-corrected chi connectivity index (χ2v) is 13.0. The first-order valence-corrected chi connectivity index (χ1v) is 15.4. The van der Waals surface area contributed by atoms with Crippen LogP contribution in [-0.2, 0) is 14.9 Å². The summed E-state index contributed by atoms with van der Waals surface area (Å²) < 4.78 is 40.0. The topological polar surface area (TPSA) is 80.7 Å². The zero-order valence-electron chi connectivity index (χ0n) is 23.1. The molecule has 206 valence electrons. The van der Waals surface area contributed by atoms with Gasteiger partial charge in [-0.25, -0.2) is 0 Å². The molecule has 0 saturated heterocycles. The Labute approximate surface area is 239 Å². The van der Waals surface area contributed by atoms with Gasteiger partial charge in [0.05, 0.1) is 10.8 Å². The van der Waals surface area contributed by atoms with Crippen molar-refractivity contribution in [3.8, 4) is 5.75 Å². The minimum atomic E-state index is -4.42. The van der Waals surface area contributed by atoms with Crippen LogP contribution in [0.1, 0.15) is 71.4 Å². The number of fused-ring (bicyclic) bond motifs is 3. The number of hydrogen-bond acceptors (Lipinski definition) is 4. The van der Waals surface area contributed by atoms with Crippen LogP contribution in [0.4, 0.5) is 0 Å². The molecule has 41 heavy (non-hydrogen) atoms. The fourth-order valence-electron chi connectivity index (χ4n) is 7.18. The molecular weight excluding hydrogens is 532 g/mol. The van der Waals surface area contributed by atoms with Gasteiger partial charge in [0.2, 0.25) is 0 Å². The van der Waals surface area contributed by atoms with Crippen molar-refractivity contribution in [2.24, 2.45) is 5.92 Å². The average Bonchev–Trinajstić information content (AvgIpc) is 2.96. The fourth-order valence-corrected chi connectivity index (χ4v) is 8.10. The summed E-state index contributed by atoms with van der Waals surface area (Å²) in [5.41, 5.74) is 5.85. The zero-order chi connectivity index (χ0) is 28.6. The Kier molecular flexibility index (Phi) is 5.86. The molecule has 5 aromatic rings. The summed E-state index contributed by atoms with van der Waals surface area (Å²) in [7, 11) is -4.42. The minimum Gasteiger partial charge on any atom is -0.426 e. The molecule has 0 spiro atoms. The van der Waals surface area contributed by atoms with Gasteiger partial charge in [0.15, 0.2) is 0 Å². The van der Waals surface area contributed by atoms with E-state index in [-0.39, 0.29) is 28.6 Å². The van der Waals surface area contributed by atoms with Crippen LogP contribution < -0.4 is 4.74 Å². The predicted octanol–water partition coefficient (Wildman–Crippen LogP) is 7.87. The van der Waals surface area contributed by atoms with Gasteiger partial charge in [-0.05, 0) is 86.3 Å². The van der Waals surface area contributed by atoms with Gasteiger partial charge in [-0.1, -0.05) is 86.6 Å². The standard InChI is InChI=1S/C35H30O5S/c1-19(2)27-18-30(20(3)16-31(27)41(37,38)39)40-35(36)29-17-28-25-14-12-22-9-5-7-11-24(22)33(25)34(29)26-15-13-21-8-4-6-10-23(21)32(26)28/h4-16,18-19,28-29,34H,17H2,1-3H3,(H,37,38,39). The van der Waals surface area contributed by atoms with Crippen molar-refractivity contribution >= 4 is 37.6 Å². The molecule has 2 bridgehead atoms. The van der Waals surface area contributed by atoms with Crippen LogP contribution in [0.15, 0.2) is 89.8 Å². The molecule has 5 nitrogen and oxygen atoms in total. The first kappa shape index (κ1) is 25.9. The molecule has 3 unspecified atom stereocenters. The number of ether oxygens (including phenoxy) is 1. The molecule has 0 aliphatic heterocycles. The number of carbonyl (C=O) groups excluding carboxylic acids is 1. The third-order valence-electron chi connectivity index (χ3n) is 8.99. The first-order valence-electron chi connectivity index (χ1n) is 14.0. The summed E-state index contributed by atoms with van der Waals surface area (Å²) in [6.07, 6.45) is 0.634. The van der Waals surface area contributed by atoms with Gasteiger partial charge in [-0.3, -0.25) is 9.35 Å². The molecule has 5 aromatic carbocycles. The first-order chi connectivity index (χ1) is 19.6. The van der Waals surface area contributed by atoms with E-state index in [2.05, 4.69) is 60.7 Å². The van der Waals surface area contributed by atoms with E-state index in [4.69, 9.17) is 4.74 Å². The Bertz CT molecular complexity index is 2010. The van der Waals surface area contributed by atoms with Crippen LogP contribution >= 0.6 is 0 Å². The number of hydrogen-bond donors (Lipinski definition) is 1. The molecule has 8 rings (SSSR count). The molecule has 0 amide bonds. The van der Waals surface area contributed by atoms with Gasteiger partial charge in [0.1, 0.15) is 5.75 Å². The average molecular weight is 563 g/mol. The van der Waals surface area contributed by atoms with Crippen molar-refractivity contribution in [1.29, 1.82) is 0 Å². The van der Waals surface area contributed by atoms with Crippen molar-refractivity contribution in [3.05, 3.63) is 118 Å². The monoisotopic (exact) mass is 562 g/mol. The largest absolute Gasteiger partial charge is 0.426 e. The number of esters is 1. The van der Waals surface area contributed by atoms with Gasteiger partial charge in [-0.15, -0.1) is 0 Å². The Balaban J connectivity index is 1.37. The van der Waals surface area contributed by atoms with Crippen LogP contribution in [0.5, 0.6) is 5.75 Å². The Morgan fingerprint density at radius 3 is 2.10 bits per heavy atom. The van der Waals surface area contributed by atoms with Crippen LogP contribution in [-0.4, -0.2) is 18.9 Å². The van der Waals surface area contributed by atoms with Crippen LogP contribution in [0.25, 0.3) is 21.5 Å². The Morgan fingerprint density at radius 2 is 1.46 bits per heavy atom. The smallest absolute Gasteiger partial charge is 0.315 e. The van der Waals surface area contributed by atoms with Gasteiger partial charge >= 0.3 is 5.97 Å². The van der Waals surface area contributed by atoms with Crippen molar-refractivity contribution in [1.82, 2.24) is 0 Å². The lowest BCUT2D eigenvalue weighted by Gasteiger charge is -2.45. The van der Waals surface area contributed by atoms with Gasteiger partial charge in [-0.2, -0.15) is 8.42 Å². The number of carbonyl (C=O) groups is 1. The Hall–Kier alpha value is -4.00. The summed E-state index contributed by atoms with van der Waals surface area (Å²) in [6.45, 7) is 5.38. The summed E-state index contributed by atoms with van der Waals surface area (Å²) in [5, 5.41) is 4.72. The quantitative estimate of drug-likeness (QED) is 0.137. The molecule has 3 atom stereocenters. The summed E-state index contributed by atoms with van der Waals surface area (Å²) in [4.78, 5) is 14.0. The van der Waals surface area contributed by atoms with Gasteiger partial charge in [0.25, 0.3) is 10.1 Å². The van der Waals surface area contributed by atoms with E-state index >= 15 is 0 Å². The van der Waals surface area contributed by atoms with E-state index < -0.39 is 16.0 Å². The molecule has 3 aliphatic rings. The highest BCUT2D eigenvalue weighted by Gasteiger charge is 2.48. The highest BCUT2D eigenvalue weighted by molar-refractivity contribution is 7.85. The lowest BCUT2D eigenvalue weighted by Crippen LogP contribution is -2.38. The molecule has 0 saturated carbocycles. The van der Waals surface area contributed by atoms with Crippen LogP contribution in [0.3, 0.4) is 0 Å². The lowest BCUT2D eigenvalue weighted by molar-refractivity contribution is -0.140. The van der Waals surface area contributed by atoms with Crippen LogP contribution in [0, 0.1) is 12.8 Å². The van der Waals surface area contributed by atoms with Crippen molar-refractivity contribution < 1.29 is 22.5 Å². The third kappa shape index (κ3) is 4.00. The van der Waals surface area contributed by atoms with E-state index in [0.29, 0.717) is 23.3 Å². The number of aryl methyl sites for hydroxylation is 1. The third-order valence-corrected chi connectivity index (χ3v) is 9.90. The zero-order valence-corrected chi connectivity index (χ0v) is 23.9. The van der Waals surface area contributed by atoms with E-state index in [9.17, 15) is 17.8 Å². The molecule has 0 radical (unpaired) electrons. The minimum absolute atomic E-state index is 0.0486. The lowest BCUT2D eigenvalue weighted by atomic mass is 9.57. The van der Waals surface area contributed by atoms with Gasteiger partial charge in [0, 0.05) is 11.8 Å². The molecule has 6 heteroatoms. The van der Waals surface area contributed by atoms with E-state index in [1.165, 1.54) is 39.1 Å². The SMILES string of the molecule is Cc1cc(S(=O)(=O)O)c(C(C)C)cc1OC(=O)C1CC2c3ccc4ccccc4c3C1c1ccc3ccccc3c12. The summed E-state index contributed by atoms with van der Waals surface area (Å²) in [6, 6.07) is 28.5. The molecular formula is C35H30O5S. The summed E-state index contributed by atoms with van der Waals surface area (Å²) >= 11 is 0. The van der Waals surface area contributed by atoms with E-state index in [0.717, 1.165) is 10.8 Å². The number of rotatable bonds is 4. The van der Waals surface area contributed by atoms with Crippen molar-refractivity contribution in [2.75, 3.05) is 0 Å². The maximum absolute atomic E-state index is 14.1. The predicted molar refractivity (Wildman–Crippen MR) is 160 cm³/mol. The van der Waals surface area contributed by atoms with Crippen molar-refractivity contribution in [2.45, 2.75) is 49.8 Å². The number of benzene rings is 5. The molecule has 1 N–H and O–H groups in total. The molecule has 3 aliphatic carbocycles. The normalized spacial score (nSPS) is 19.4. The Morgan fingerprint density at radius 1 is 0.854 bits per heavy atom. The van der Waals surface area contributed by atoms with E-state index in [1.807, 2.05) is 26.0 Å². The summed E-state index contributed by atoms with van der Waals surface area (Å²) in [5.74, 6) is -0.730. The maximum Gasteiger partial charge on any atom is 0.315 e. The highest BCUT2D eigenvalue weighted by atomic mass is 32.2. The molecule has 0 fully saturated rings. The second-order valence-electron chi connectivity index (χ2n) is 11.7. The van der Waals surface area contributed by atoms with Gasteiger partial charge < -0.3 is 4.74 Å². The maximum atomic E-state index is 14.1. The molecule has 0 heterocycles. The van der Waals surface area contributed by atoms with Crippen LogP contribution in [0.2, 0.25) is 0 Å². The second kappa shape index (κ2) is 9.26. The van der Waals surface area contributed by atoms with E-state index in [1.54, 1.807) is 13.0 Å². The molecule has 0 aromatic heterocycles. The van der Waals surface area contributed by atoms with Crippen molar-refractivity contribution in [3.63, 3.8) is 0 Å². The highest BCUT2D eigenvalue weighted by Crippen LogP contribution is 2.58. The fraction of sp³-hybridized carbons (Fsp3) is 0.229.